The molecule has 7 heteroatoms. The van der Waals surface area contributed by atoms with Gasteiger partial charge in [-0.15, -0.1) is 0 Å². The van der Waals surface area contributed by atoms with Crippen molar-refractivity contribution >= 4 is 11.9 Å². The molecule has 170 valence electrons. The van der Waals surface area contributed by atoms with Gasteiger partial charge in [-0.05, 0) is 75.5 Å². The number of benzene rings is 1. The Hall–Kier alpha value is -2.12. The van der Waals surface area contributed by atoms with Gasteiger partial charge in [-0.25, -0.2) is 4.79 Å². The SMILES string of the molecule is O=C(O)COc1ccccc1C1CCC(OC[C@@H]2NCCC[C@@]23CCCC(=O)N3)CC1. The minimum absolute atomic E-state index is 0.148. The van der Waals surface area contributed by atoms with Gasteiger partial charge in [0.05, 0.1) is 24.3 Å². The second-order valence-electron chi connectivity index (χ2n) is 9.20. The molecule has 2 saturated heterocycles. The van der Waals surface area contributed by atoms with Crippen LogP contribution in [0.25, 0.3) is 0 Å². The Kier molecular flexibility index (Phi) is 7.13. The minimum atomic E-state index is -0.963. The fraction of sp³-hybridized carbons (Fsp3) is 0.667. The molecule has 0 radical (unpaired) electrons. The highest BCUT2D eigenvalue weighted by Gasteiger charge is 2.44. The van der Waals surface area contributed by atoms with Gasteiger partial charge < -0.3 is 25.2 Å². The van der Waals surface area contributed by atoms with E-state index in [0.29, 0.717) is 24.7 Å². The predicted molar refractivity (Wildman–Crippen MR) is 116 cm³/mol. The van der Waals surface area contributed by atoms with E-state index in [1.807, 2.05) is 24.3 Å². The second-order valence-corrected chi connectivity index (χ2v) is 9.20. The number of carbonyl (C=O) groups excluding carboxylic acids is 1. The van der Waals surface area contributed by atoms with Crippen LogP contribution in [0.5, 0.6) is 5.75 Å². The van der Waals surface area contributed by atoms with Crippen LogP contribution in [0.2, 0.25) is 0 Å². The first-order chi connectivity index (χ1) is 15.1. The molecule has 1 amide bonds. The summed E-state index contributed by atoms with van der Waals surface area (Å²) in [4.78, 5) is 22.9. The molecule has 0 unspecified atom stereocenters. The van der Waals surface area contributed by atoms with Gasteiger partial charge in [0.1, 0.15) is 5.75 Å². The molecule has 31 heavy (non-hydrogen) atoms. The molecule has 1 aromatic carbocycles. The number of nitrogens with one attached hydrogen (secondary N) is 2. The highest BCUT2D eigenvalue weighted by Crippen LogP contribution is 2.39. The number of piperidine rings is 2. The molecule has 0 bridgehead atoms. The van der Waals surface area contributed by atoms with E-state index in [2.05, 4.69) is 10.6 Å². The van der Waals surface area contributed by atoms with Crippen LogP contribution in [0.3, 0.4) is 0 Å². The van der Waals surface area contributed by atoms with Crippen molar-refractivity contribution in [3.05, 3.63) is 29.8 Å². The zero-order chi connectivity index (χ0) is 21.7. The third-order valence-electron chi connectivity index (χ3n) is 7.16. The van der Waals surface area contributed by atoms with Crippen molar-refractivity contribution in [3.8, 4) is 5.75 Å². The lowest BCUT2D eigenvalue weighted by molar-refractivity contribution is -0.139. The molecule has 2 atom stereocenters. The Morgan fingerprint density at radius 3 is 2.68 bits per heavy atom. The lowest BCUT2D eigenvalue weighted by atomic mass is 9.76. The summed E-state index contributed by atoms with van der Waals surface area (Å²) in [6.45, 7) is 1.29. The maximum Gasteiger partial charge on any atom is 0.341 e. The Labute approximate surface area is 183 Å². The van der Waals surface area contributed by atoms with Gasteiger partial charge >= 0.3 is 5.97 Å². The maximum absolute atomic E-state index is 12.0. The molecule has 3 N–H and O–H groups in total. The van der Waals surface area contributed by atoms with Crippen molar-refractivity contribution in [2.75, 3.05) is 19.8 Å². The first-order valence-electron chi connectivity index (χ1n) is 11.7. The number of ether oxygens (including phenoxy) is 2. The summed E-state index contributed by atoms with van der Waals surface area (Å²) < 4.78 is 11.9. The van der Waals surface area contributed by atoms with E-state index in [4.69, 9.17) is 14.6 Å². The van der Waals surface area contributed by atoms with Gasteiger partial charge in [-0.2, -0.15) is 0 Å². The highest BCUT2D eigenvalue weighted by atomic mass is 16.5. The Bertz CT molecular complexity index is 773. The van der Waals surface area contributed by atoms with Crippen molar-refractivity contribution in [1.29, 1.82) is 0 Å². The van der Waals surface area contributed by atoms with Crippen LogP contribution in [0.15, 0.2) is 24.3 Å². The molecule has 2 aliphatic heterocycles. The molecule has 1 aromatic rings. The molecule has 7 nitrogen and oxygen atoms in total. The monoisotopic (exact) mass is 430 g/mol. The number of aliphatic carboxylic acids is 1. The van der Waals surface area contributed by atoms with E-state index in [0.717, 1.165) is 63.5 Å². The number of amides is 1. The molecule has 3 fully saturated rings. The standard InChI is InChI=1S/C24H34N2O5/c27-22-7-3-12-24(26-22)13-4-14-25-21(24)15-30-18-10-8-17(9-11-18)19-5-1-2-6-20(19)31-16-23(28)29/h1-2,5-6,17-18,21,25H,3-4,7-16H2,(H,26,27)(H,28,29)/t17?,18?,21-,24-/m0/s1. The maximum atomic E-state index is 12.0. The van der Waals surface area contributed by atoms with E-state index >= 15 is 0 Å². The van der Waals surface area contributed by atoms with E-state index < -0.39 is 5.97 Å². The van der Waals surface area contributed by atoms with Gasteiger partial charge in [0.2, 0.25) is 5.91 Å². The smallest absolute Gasteiger partial charge is 0.341 e. The summed E-state index contributed by atoms with van der Waals surface area (Å²) in [5.74, 6) is 0.247. The number of rotatable bonds is 7. The van der Waals surface area contributed by atoms with E-state index in [1.54, 1.807) is 0 Å². The zero-order valence-corrected chi connectivity index (χ0v) is 18.1. The predicted octanol–water partition coefficient (Wildman–Crippen LogP) is 2.98. The van der Waals surface area contributed by atoms with Gasteiger partial charge in [0.25, 0.3) is 0 Å². The first-order valence-corrected chi connectivity index (χ1v) is 11.7. The number of hydrogen-bond acceptors (Lipinski definition) is 5. The summed E-state index contributed by atoms with van der Waals surface area (Å²) >= 11 is 0. The van der Waals surface area contributed by atoms with Crippen LogP contribution in [0.4, 0.5) is 0 Å². The van der Waals surface area contributed by atoms with Gasteiger partial charge in [0.15, 0.2) is 6.61 Å². The molecular formula is C24H34N2O5. The summed E-state index contributed by atoms with van der Waals surface area (Å²) in [7, 11) is 0. The third kappa shape index (κ3) is 5.39. The van der Waals surface area contributed by atoms with Crippen LogP contribution >= 0.6 is 0 Å². The van der Waals surface area contributed by atoms with Crippen molar-refractivity contribution in [1.82, 2.24) is 10.6 Å². The van der Waals surface area contributed by atoms with Crippen LogP contribution in [-0.2, 0) is 14.3 Å². The average molecular weight is 431 g/mol. The topological polar surface area (TPSA) is 96.9 Å². The van der Waals surface area contributed by atoms with Crippen LogP contribution in [0.1, 0.15) is 69.3 Å². The van der Waals surface area contributed by atoms with E-state index in [1.165, 1.54) is 0 Å². The highest BCUT2D eigenvalue weighted by molar-refractivity contribution is 5.77. The van der Waals surface area contributed by atoms with Gasteiger partial charge in [-0.3, -0.25) is 4.79 Å². The number of para-hydroxylation sites is 1. The first kappa shape index (κ1) is 22.1. The lowest BCUT2D eigenvalue weighted by Crippen LogP contribution is -2.67. The molecular weight excluding hydrogens is 396 g/mol. The van der Waals surface area contributed by atoms with Crippen molar-refractivity contribution in [2.45, 2.75) is 81.4 Å². The lowest BCUT2D eigenvalue weighted by Gasteiger charge is -2.47. The second kappa shape index (κ2) is 10.0. The van der Waals surface area contributed by atoms with Gasteiger partial charge in [0, 0.05) is 6.42 Å². The van der Waals surface area contributed by atoms with Crippen LogP contribution in [0, 0.1) is 0 Å². The summed E-state index contributed by atoms with van der Waals surface area (Å²) in [6.07, 6.45) is 8.91. The fourth-order valence-corrected chi connectivity index (χ4v) is 5.55. The third-order valence-corrected chi connectivity index (χ3v) is 7.16. The number of hydrogen-bond donors (Lipinski definition) is 3. The fourth-order valence-electron chi connectivity index (χ4n) is 5.55. The largest absolute Gasteiger partial charge is 0.482 e. The summed E-state index contributed by atoms with van der Waals surface area (Å²) in [5.41, 5.74) is 0.950. The van der Waals surface area contributed by atoms with Crippen molar-refractivity contribution in [3.63, 3.8) is 0 Å². The normalized spacial score (nSPS) is 31.2. The Morgan fingerprint density at radius 2 is 1.90 bits per heavy atom. The summed E-state index contributed by atoms with van der Waals surface area (Å²) in [6, 6.07) is 7.94. The minimum Gasteiger partial charge on any atom is -0.482 e. The number of carboxylic acid groups (broad SMARTS) is 1. The average Bonchev–Trinajstić information content (AvgIpc) is 2.78. The van der Waals surface area contributed by atoms with E-state index in [9.17, 15) is 9.59 Å². The van der Waals surface area contributed by atoms with Crippen LogP contribution < -0.4 is 15.4 Å². The van der Waals surface area contributed by atoms with E-state index in [-0.39, 0.29) is 30.2 Å². The molecule has 1 aliphatic carbocycles. The Balaban J connectivity index is 1.30. The summed E-state index contributed by atoms with van der Waals surface area (Å²) in [5, 5.41) is 15.8. The van der Waals surface area contributed by atoms with Crippen molar-refractivity contribution in [2.24, 2.45) is 0 Å². The molecule has 1 spiro atoms. The molecule has 2 heterocycles. The Morgan fingerprint density at radius 1 is 1.13 bits per heavy atom. The molecule has 1 saturated carbocycles. The molecule has 3 aliphatic rings. The number of carboxylic acids is 1. The van der Waals surface area contributed by atoms with Crippen LogP contribution in [-0.4, -0.2) is 54.4 Å². The zero-order valence-electron chi connectivity index (χ0n) is 18.1. The molecule has 4 rings (SSSR count). The van der Waals surface area contributed by atoms with Crippen molar-refractivity contribution < 1.29 is 24.2 Å². The quantitative estimate of drug-likeness (QED) is 0.615. The number of carbonyl (C=O) groups is 2. The molecule has 0 aromatic heterocycles. The van der Waals surface area contributed by atoms with Gasteiger partial charge in [-0.1, -0.05) is 18.2 Å².